The van der Waals surface area contributed by atoms with Crippen LogP contribution in [0.5, 0.6) is 0 Å². The molecule has 2 unspecified atom stereocenters. The summed E-state index contributed by atoms with van der Waals surface area (Å²) >= 11 is 3.73. The van der Waals surface area contributed by atoms with Crippen LogP contribution in [0.25, 0.3) is 0 Å². The molecule has 2 atom stereocenters. The van der Waals surface area contributed by atoms with E-state index in [1.54, 1.807) is 13.8 Å². The summed E-state index contributed by atoms with van der Waals surface area (Å²) in [7, 11) is 0. The van der Waals surface area contributed by atoms with Crippen LogP contribution in [0.1, 0.15) is 13.8 Å². The van der Waals surface area contributed by atoms with Crippen LogP contribution in [0.3, 0.4) is 0 Å². The zero-order chi connectivity index (χ0) is 19.0. The molecule has 0 aliphatic heterocycles. The van der Waals surface area contributed by atoms with Gasteiger partial charge in [0, 0.05) is 0 Å². The maximum absolute atomic E-state index is 11.6. The Balaban J connectivity index is 0. The van der Waals surface area contributed by atoms with E-state index in [1.165, 1.54) is 0 Å². The molecule has 0 aliphatic carbocycles. The molecule has 0 rings (SSSR count). The van der Waals surface area contributed by atoms with E-state index in [0.29, 0.717) is 0 Å². The van der Waals surface area contributed by atoms with E-state index in [-0.39, 0.29) is 7.85 Å². The van der Waals surface area contributed by atoms with Crippen molar-refractivity contribution in [1.29, 1.82) is 0 Å². The lowest BCUT2D eigenvalue weighted by molar-refractivity contribution is -0.311. The average Bonchev–Trinajstić information content (AvgIpc) is 2.42. The fourth-order valence-electron chi connectivity index (χ4n) is 0.388. The lowest BCUT2D eigenvalue weighted by atomic mass is 10.3. The summed E-state index contributed by atoms with van der Waals surface area (Å²) in [6.45, 7) is 3.29. The SMILES string of the molecule is CC(I)C(=O)OOC(=O)C(C)I.O=C(OO)C(F)(F)C(F)(F)F. The number of halogens is 7. The highest BCUT2D eigenvalue weighted by atomic mass is 127. The molecule has 0 aliphatic rings. The van der Waals surface area contributed by atoms with Gasteiger partial charge in [0.2, 0.25) is 0 Å². The fourth-order valence-corrected chi connectivity index (χ4v) is 0.595. The first kappa shape index (κ1) is 24.7. The molecule has 0 saturated carbocycles. The van der Waals surface area contributed by atoms with Gasteiger partial charge in [-0.2, -0.15) is 27.2 Å². The number of carbonyl (C=O) groups excluding carboxylic acids is 3. The summed E-state index contributed by atoms with van der Waals surface area (Å²) in [5.74, 6) is -9.83. The van der Waals surface area contributed by atoms with Gasteiger partial charge < -0.3 is 0 Å². The largest absolute Gasteiger partial charge is 0.465 e. The Labute approximate surface area is 152 Å². The molecule has 0 amide bonds. The van der Waals surface area contributed by atoms with E-state index >= 15 is 0 Å². The minimum atomic E-state index is -6.05. The van der Waals surface area contributed by atoms with Crippen molar-refractivity contribution in [1.82, 2.24) is 0 Å². The van der Waals surface area contributed by atoms with Crippen molar-refractivity contribution in [3.63, 3.8) is 0 Å². The molecule has 136 valence electrons. The third kappa shape index (κ3) is 9.38. The average molecular weight is 578 g/mol. The van der Waals surface area contributed by atoms with Gasteiger partial charge in [-0.15, -0.1) is 0 Å². The zero-order valence-corrected chi connectivity index (χ0v) is 15.5. The van der Waals surface area contributed by atoms with Crippen LogP contribution >= 0.6 is 45.2 Å². The van der Waals surface area contributed by atoms with E-state index in [2.05, 4.69) is 14.7 Å². The van der Waals surface area contributed by atoms with E-state index in [9.17, 15) is 36.3 Å². The maximum Gasteiger partial charge on any atom is 0.465 e. The Morgan fingerprint density at radius 2 is 1.22 bits per heavy atom. The van der Waals surface area contributed by atoms with Crippen LogP contribution in [0.15, 0.2) is 0 Å². The fraction of sp³-hybridized carbons (Fsp3) is 0.667. The predicted molar refractivity (Wildman–Crippen MR) is 78.9 cm³/mol. The first-order valence-electron chi connectivity index (χ1n) is 5.19. The van der Waals surface area contributed by atoms with Gasteiger partial charge in [-0.25, -0.2) is 24.2 Å². The van der Waals surface area contributed by atoms with Crippen molar-refractivity contribution in [3.05, 3.63) is 0 Å². The van der Waals surface area contributed by atoms with Gasteiger partial charge in [0.05, 0.1) is 0 Å². The summed E-state index contributed by atoms with van der Waals surface area (Å²) in [5.41, 5.74) is 0. The molecule has 0 saturated heterocycles. The lowest BCUT2D eigenvalue weighted by Crippen LogP contribution is -2.44. The van der Waals surface area contributed by atoms with Gasteiger partial charge in [0.1, 0.15) is 7.85 Å². The van der Waals surface area contributed by atoms with Gasteiger partial charge in [-0.05, 0) is 13.8 Å². The topological polar surface area (TPSA) is 99.1 Å². The third-order valence-electron chi connectivity index (χ3n) is 1.55. The Hall–Kier alpha value is -0.520. The number of carbonyl (C=O) groups is 3. The summed E-state index contributed by atoms with van der Waals surface area (Å²) in [6.07, 6.45) is -6.05. The summed E-state index contributed by atoms with van der Waals surface area (Å²) in [4.78, 5) is 41.7. The second-order valence-corrected chi connectivity index (χ2v) is 7.22. The van der Waals surface area contributed by atoms with E-state index in [0.717, 1.165) is 0 Å². The Kier molecular flexibility index (Phi) is 11.1. The molecular weight excluding hydrogens is 569 g/mol. The molecule has 7 nitrogen and oxygen atoms in total. The lowest BCUT2D eigenvalue weighted by Gasteiger charge is -2.14. The predicted octanol–water partition coefficient (Wildman–Crippen LogP) is 2.84. The molecule has 0 spiro atoms. The summed E-state index contributed by atoms with van der Waals surface area (Å²) in [6, 6.07) is 0. The van der Waals surface area contributed by atoms with Crippen molar-refractivity contribution in [2.24, 2.45) is 0 Å². The molecule has 14 heteroatoms. The monoisotopic (exact) mass is 578 g/mol. The van der Waals surface area contributed by atoms with Crippen LogP contribution < -0.4 is 0 Å². The van der Waals surface area contributed by atoms with Crippen molar-refractivity contribution >= 4 is 63.1 Å². The highest BCUT2D eigenvalue weighted by molar-refractivity contribution is 14.1. The van der Waals surface area contributed by atoms with E-state index in [1.807, 2.05) is 45.2 Å². The normalized spacial score (nSPS) is 13.8. The second kappa shape index (κ2) is 10.4. The number of hydrogen-bond donors (Lipinski definition) is 1. The van der Waals surface area contributed by atoms with Crippen molar-refractivity contribution in [2.45, 2.75) is 33.8 Å². The Bertz CT molecular complexity index is 405. The van der Waals surface area contributed by atoms with Crippen molar-refractivity contribution < 1.29 is 56.3 Å². The van der Waals surface area contributed by atoms with E-state index in [4.69, 9.17) is 5.26 Å². The molecular formula is C9H9F5I2O7. The van der Waals surface area contributed by atoms with Gasteiger partial charge in [0.15, 0.2) is 0 Å². The van der Waals surface area contributed by atoms with Gasteiger partial charge >= 0.3 is 30.0 Å². The second-order valence-electron chi connectivity index (χ2n) is 3.49. The number of hydrogen-bond acceptors (Lipinski definition) is 7. The standard InChI is InChI=1S/C6H8I2O4.C3HF5O3/c1-3(7)5(9)11-12-6(10)4(2)8;4-2(5,1(9)11-10)3(6,7)8/h3-4H,1-2H3;10H. The van der Waals surface area contributed by atoms with Crippen LogP contribution in [0, 0.1) is 0 Å². The molecule has 0 radical (unpaired) electrons. The highest BCUT2D eigenvalue weighted by Crippen LogP contribution is 2.35. The third-order valence-corrected chi connectivity index (χ3v) is 2.57. The van der Waals surface area contributed by atoms with Crippen LogP contribution in [0.2, 0.25) is 0 Å². The summed E-state index contributed by atoms with van der Waals surface area (Å²) in [5, 5.41) is 7.20. The van der Waals surface area contributed by atoms with Crippen molar-refractivity contribution in [3.8, 4) is 0 Å². The van der Waals surface area contributed by atoms with Gasteiger partial charge in [0.25, 0.3) is 0 Å². The molecule has 0 aromatic heterocycles. The van der Waals surface area contributed by atoms with Crippen molar-refractivity contribution in [2.75, 3.05) is 0 Å². The minimum absolute atomic E-state index is 0.320. The Morgan fingerprint density at radius 3 is 1.35 bits per heavy atom. The minimum Gasteiger partial charge on any atom is -0.294 e. The molecule has 23 heavy (non-hydrogen) atoms. The first-order valence-corrected chi connectivity index (χ1v) is 7.68. The molecule has 0 heterocycles. The number of alkyl halides is 7. The first-order chi connectivity index (χ1) is 10.2. The van der Waals surface area contributed by atoms with E-state index < -0.39 is 30.0 Å². The van der Waals surface area contributed by atoms with Gasteiger partial charge in [-0.1, -0.05) is 45.2 Å². The molecule has 1 N–H and O–H groups in total. The molecule has 0 bridgehead atoms. The maximum atomic E-state index is 11.6. The van der Waals surface area contributed by atoms with Crippen LogP contribution in [-0.4, -0.2) is 43.1 Å². The number of rotatable bonds is 3. The summed E-state index contributed by atoms with van der Waals surface area (Å²) < 4.78 is 55.8. The zero-order valence-electron chi connectivity index (χ0n) is 11.2. The Morgan fingerprint density at radius 1 is 0.913 bits per heavy atom. The smallest absolute Gasteiger partial charge is 0.294 e. The quantitative estimate of drug-likeness (QED) is 0.181. The van der Waals surface area contributed by atoms with Gasteiger partial charge in [-0.3, -0.25) is 4.89 Å². The highest BCUT2D eigenvalue weighted by Gasteiger charge is 2.65. The van der Waals surface area contributed by atoms with Crippen LogP contribution in [0.4, 0.5) is 22.0 Å². The van der Waals surface area contributed by atoms with Crippen LogP contribution in [-0.2, 0) is 29.0 Å². The molecule has 0 fully saturated rings. The molecule has 0 aromatic rings. The molecule has 0 aromatic carbocycles.